The van der Waals surface area contributed by atoms with Gasteiger partial charge in [-0.25, -0.2) is 9.59 Å². The standard InChI is InChI=1S/C28H30N2O6/c1-34-25-16-10-9-15-22(25)18-24(27(32)35-2)29-26(31)23(17-20-11-5-3-6-12-20)30-28(33)36-19-21-13-7-4-8-14-21/h3-16,23-24H,17-19H2,1-2H3,(H,29,31)(H,30,33)/t23-,24+/m1/s1. The highest BCUT2D eigenvalue weighted by Gasteiger charge is 2.29. The fourth-order valence-electron chi connectivity index (χ4n) is 3.67. The van der Waals surface area contributed by atoms with Crippen molar-refractivity contribution in [2.45, 2.75) is 31.5 Å². The molecule has 0 unspecified atom stereocenters. The number of para-hydroxylation sites is 1. The van der Waals surface area contributed by atoms with Crippen LogP contribution in [0.4, 0.5) is 4.79 Å². The summed E-state index contributed by atoms with van der Waals surface area (Å²) < 4.78 is 15.6. The van der Waals surface area contributed by atoms with Crippen molar-refractivity contribution in [3.8, 4) is 5.75 Å². The third-order valence-electron chi connectivity index (χ3n) is 5.52. The molecule has 188 valence electrons. The van der Waals surface area contributed by atoms with Crippen LogP contribution in [0.5, 0.6) is 5.75 Å². The summed E-state index contributed by atoms with van der Waals surface area (Å²) in [6.45, 7) is 0.0605. The molecule has 0 aromatic heterocycles. The van der Waals surface area contributed by atoms with Crippen molar-refractivity contribution in [3.63, 3.8) is 0 Å². The predicted octanol–water partition coefficient (Wildman–Crippen LogP) is 3.43. The van der Waals surface area contributed by atoms with Crippen LogP contribution < -0.4 is 15.4 Å². The van der Waals surface area contributed by atoms with Gasteiger partial charge < -0.3 is 24.8 Å². The number of carbonyl (C=O) groups is 3. The summed E-state index contributed by atoms with van der Waals surface area (Å²) in [6.07, 6.45) is -0.386. The van der Waals surface area contributed by atoms with Crippen LogP contribution in [0, 0.1) is 0 Å². The SMILES string of the molecule is COC(=O)[C@H](Cc1ccccc1OC)NC(=O)[C@@H](Cc1ccccc1)NC(=O)OCc1ccccc1. The molecule has 0 aliphatic rings. The van der Waals surface area contributed by atoms with Crippen molar-refractivity contribution < 1.29 is 28.6 Å². The minimum atomic E-state index is -0.987. The molecule has 0 aliphatic heterocycles. The molecule has 8 heteroatoms. The second-order valence-corrected chi connectivity index (χ2v) is 8.05. The average Bonchev–Trinajstić information content (AvgIpc) is 2.92. The molecular weight excluding hydrogens is 460 g/mol. The van der Waals surface area contributed by atoms with Crippen LogP contribution in [0.3, 0.4) is 0 Å². The van der Waals surface area contributed by atoms with E-state index in [1.165, 1.54) is 14.2 Å². The molecule has 0 spiro atoms. The number of hydrogen-bond acceptors (Lipinski definition) is 6. The largest absolute Gasteiger partial charge is 0.496 e. The van der Waals surface area contributed by atoms with Gasteiger partial charge in [0.25, 0.3) is 0 Å². The Bertz CT molecular complexity index is 1140. The molecule has 3 aromatic carbocycles. The summed E-state index contributed by atoms with van der Waals surface area (Å²) in [5.74, 6) is -0.565. The van der Waals surface area contributed by atoms with Gasteiger partial charge in [-0.05, 0) is 22.8 Å². The highest BCUT2D eigenvalue weighted by atomic mass is 16.5. The zero-order valence-corrected chi connectivity index (χ0v) is 20.3. The number of methoxy groups -OCH3 is 2. The zero-order chi connectivity index (χ0) is 25.8. The Morgan fingerprint density at radius 3 is 1.97 bits per heavy atom. The number of nitrogens with one attached hydrogen (secondary N) is 2. The second-order valence-electron chi connectivity index (χ2n) is 8.05. The minimum Gasteiger partial charge on any atom is -0.496 e. The molecular formula is C28H30N2O6. The van der Waals surface area contributed by atoms with Crippen LogP contribution in [-0.4, -0.2) is 44.3 Å². The van der Waals surface area contributed by atoms with Gasteiger partial charge in [-0.2, -0.15) is 0 Å². The smallest absolute Gasteiger partial charge is 0.408 e. The number of carbonyl (C=O) groups excluding carboxylic acids is 3. The Hall–Kier alpha value is -4.33. The summed E-state index contributed by atoms with van der Waals surface area (Å²) in [6, 6.07) is 23.7. The monoisotopic (exact) mass is 490 g/mol. The third-order valence-corrected chi connectivity index (χ3v) is 5.52. The maximum Gasteiger partial charge on any atom is 0.408 e. The maximum atomic E-state index is 13.3. The normalized spacial score (nSPS) is 12.1. The van der Waals surface area contributed by atoms with Crippen molar-refractivity contribution in [1.29, 1.82) is 0 Å². The van der Waals surface area contributed by atoms with Crippen LogP contribution in [0.25, 0.3) is 0 Å². The number of esters is 1. The van der Waals surface area contributed by atoms with Crippen LogP contribution >= 0.6 is 0 Å². The zero-order valence-electron chi connectivity index (χ0n) is 20.3. The van der Waals surface area contributed by atoms with E-state index in [-0.39, 0.29) is 19.4 Å². The van der Waals surface area contributed by atoms with Crippen LogP contribution in [-0.2, 0) is 38.5 Å². The number of benzene rings is 3. The van der Waals surface area contributed by atoms with Crippen molar-refractivity contribution >= 4 is 18.0 Å². The van der Waals surface area contributed by atoms with Gasteiger partial charge in [-0.3, -0.25) is 4.79 Å². The molecule has 0 saturated carbocycles. The van der Waals surface area contributed by atoms with Gasteiger partial charge >= 0.3 is 12.1 Å². The van der Waals surface area contributed by atoms with E-state index in [4.69, 9.17) is 14.2 Å². The number of amides is 2. The lowest BCUT2D eigenvalue weighted by Gasteiger charge is -2.23. The Labute approximate surface area is 210 Å². The predicted molar refractivity (Wildman–Crippen MR) is 134 cm³/mol. The molecule has 0 saturated heterocycles. The molecule has 2 amide bonds. The van der Waals surface area contributed by atoms with Crippen molar-refractivity contribution in [1.82, 2.24) is 10.6 Å². The summed E-state index contributed by atoms with van der Waals surface area (Å²) >= 11 is 0. The number of hydrogen-bond donors (Lipinski definition) is 2. The topological polar surface area (TPSA) is 103 Å². The summed E-state index contributed by atoms with van der Waals surface area (Å²) in [5.41, 5.74) is 2.38. The van der Waals surface area contributed by atoms with Gasteiger partial charge in [0, 0.05) is 12.8 Å². The lowest BCUT2D eigenvalue weighted by atomic mass is 10.0. The van der Waals surface area contributed by atoms with E-state index < -0.39 is 30.1 Å². The Balaban J connectivity index is 1.74. The first-order valence-corrected chi connectivity index (χ1v) is 11.5. The first kappa shape index (κ1) is 26.3. The quantitative estimate of drug-likeness (QED) is 0.399. The fourth-order valence-corrected chi connectivity index (χ4v) is 3.67. The maximum absolute atomic E-state index is 13.3. The first-order valence-electron chi connectivity index (χ1n) is 11.5. The van der Waals surface area contributed by atoms with Crippen LogP contribution in [0.1, 0.15) is 16.7 Å². The fraction of sp³-hybridized carbons (Fsp3) is 0.250. The van der Waals surface area contributed by atoms with Gasteiger partial charge in [0.1, 0.15) is 24.4 Å². The van der Waals surface area contributed by atoms with Crippen molar-refractivity contribution in [2.24, 2.45) is 0 Å². The van der Waals surface area contributed by atoms with E-state index >= 15 is 0 Å². The number of alkyl carbamates (subject to hydrolysis) is 1. The van der Waals surface area contributed by atoms with E-state index in [2.05, 4.69) is 10.6 Å². The molecule has 3 aromatic rings. The van der Waals surface area contributed by atoms with Gasteiger partial charge in [0.05, 0.1) is 14.2 Å². The molecule has 0 heterocycles. The molecule has 2 atom stereocenters. The molecule has 36 heavy (non-hydrogen) atoms. The van der Waals surface area contributed by atoms with E-state index in [0.29, 0.717) is 5.75 Å². The molecule has 0 aliphatic carbocycles. The van der Waals surface area contributed by atoms with Gasteiger partial charge in [-0.1, -0.05) is 78.9 Å². The highest BCUT2D eigenvalue weighted by Crippen LogP contribution is 2.19. The minimum absolute atomic E-state index is 0.0605. The van der Waals surface area contributed by atoms with Crippen molar-refractivity contribution in [2.75, 3.05) is 14.2 Å². The Kier molecular flexibility index (Phi) is 9.88. The third kappa shape index (κ3) is 7.87. The molecule has 0 bridgehead atoms. The summed E-state index contributed by atoms with van der Waals surface area (Å²) in [7, 11) is 2.79. The summed E-state index contributed by atoms with van der Waals surface area (Å²) in [5, 5.41) is 5.36. The Morgan fingerprint density at radius 2 is 1.33 bits per heavy atom. The van der Waals surface area contributed by atoms with E-state index in [1.807, 2.05) is 78.9 Å². The van der Waals surface area contributed by atoms with Crippen LogP contribution in [0.2, 0.25) is 0 Å². The molecule has 8 nitrogen and oxygen atoms in total. The number of rotatable bonds is 11. The van der Waals surface area contributed by atoms with E-state index in [1.54, 1.807) is 6.07 Å². The molecule has 2 N–H and O–H groups in total. The Morgan fingerprint density at radius 1 is 0.722 bits per heavy atom. The van der Waals surface area contributed by atoms with Crippen molar-refractivity contribution in [3.05, 3.63) is 102 Å². The second kappa shape index (κ2) is 13.5. The lowest BCUT2D eigenvalue weighted by molar-refractivity contribution is -0.145. The van der Waals surface area contributed by atoms with Gasteiger partial charge in [0.2, 0.25) is 5.91 Å². The van der Waals surface area contributed by atoms with E-state index in [9.17, 15) is 14.4 Å². The van der Waals surface area contributed by atoms with Gasteiger partial charge in [-0.15, -0.1) is 0 Å². The van der Waals surface area contributed by atoms with Gasteiger partial charge in [0.15, 0.2) is 0 Å². The molecule has 3 rings (SSSR count). The molecule has 0 fully saturated rings. The average molecular weight is 491 g/mol. The molecule has 0 radical (unpaired) electrons. The highest BCUT2D eigenvalue weighted by molar-refractivity contribution is 5.90. The van der Waals surface area contributed by atoms with Crippen LogP contribution in [0.15, 0.2) is 84.9 Å². The number of ether oxygens (including phenoxy) is 3. The van der Waals surface area contributed by atoms with E-state index in [0.717, 1.165) is 16.7 Å². The first-order chi connectivity index (χ1) is 17.5. The summed E-state index contributed by atoms with van der Waals surface area (Å²) in [4.78, 5) is 38.4. The lowest BCUT2D eigenvalue weighted by Crippen LogP contribution is -2.53.